The Kier molecular flexibility index (Phi) is 5.92. The predicted octanol–water partition coefficient (Wildman–Crippen LogP) is 3.81. The third-order valence-electron chi connectivity index (χ3n) is 5.09. The summed E-state index contributed by atoms with van der Waals surface area (Å²) in [5.41, 5.74) is 3.16. The summed E-state index contributed by atoms with van der Waals surface area (Å²) >= 11 is 0. The van der Waals surface area contributed by atoms with E-state index in [4.69, 9.17) is 0 Å². The fourth-order valence-corrected chi connectivity index (χ4v) is 3.55. The largest absolute Gasteiger partial charge is 0.435 e. The van der Waals surface area contributed by atoms with Gasteiger partial charge in [-0.05, 0) is 41.8 Å². The number of anilines is 1. The van der Waals surface area contributed by atoms with Crippen LogP contribution in [0.4, 0.5) is 14.5 Å². The summed E-state index contributed by atoms with van der Waals surface area (Å²) in [4.78, 5) is 33.7. The van der Waals surface area contributed by atoms with Crippen LogP contribution in [0.25, 0.3) is 11.3 Å². The number of rotatable bonds is 7. The standard InChI is InChI=1S/C22H20F2N4O3/c23-22(24)31-17-7-1-14(2-8-17)12-28-19(9-10-20(28)29)21(30)27-16-5-3-15(4-6-16)18-11-25-13-26-18/h1-8,11,13,19,22H,9-10,12H2,(H,25,26)(H,27,30). The van der Waals surface area contributed by atoms with Gasteiger partial charge in [0.25, 0.3) is 0 Å². The minimum Gasteiger partial charge on any atom is -0.435 e. The number of ether oxygens (including phenoxy) is 1. The number of carbonyl (C=O) groups is 2. The van der Waals surface area contributed by atoms with Crippen LogP contribution < -0.4 is 10.1 Å². The van der Waals surface area contributed by atoms with Crippen molar-refractivity contribution in [1.82, 2.24) is 14.9 Å². The second kappa shape index (κ2) is 8.95. The molecule has 31 heavy (non-hydrogen) atoms. The van der Waals surface area contributed by atoms with E-state index in [2.05, 4.69) is 20.0 Å². The summed E-state index contributed by atoms with van der Waals surface area (Å²) in [5, 5.41) is 2.86. The number of alkyl halides is 2. The summed E-state index contributed by atoms with van der Waals surface area (Å²) in [7, 11) is 0. The minimum absolute atomic E-state index is 0.0411. The van der Waals surface area contributed by atoms with Gasteiger partial charge in [-0.3, -0.25) is 9.59 Å². The molecule has 0 aliphatic carbocycles. The molecular formula is C22H20F2N4O3. The second-order valence-electron chi connectivity index (χ2n) is 7.13. The number of hydrogen-bond acceptors (Lipinski definition) is 4. The molecule has 0 spiro atoms. The monoisotopic (exact) mass is 426 g/mol. The molecule has 2 amide bonds. The molecule has 1 aliphatic heterocycles. The Labute approximate surface area is 177 Å². The van der Waals surface area contributed by atoms with E-state index in [1.807, 2.05) is 12.1 Å². The topological polar surface area (TPSA) is 87.3 Å². The van der Waals surface area contributed by atoms with E-state index >= 15 is 0 Å². The highest BCUT2D eigenvalue weighted by atomic mass is 19.3. The maximum atomic E-state index is 12.8. The second-order valence-corrected chi connectivity index (χ2v) is 7.13. The van der Waals surface area contributed by atoms with Crippen molar-refractivity contribution in [2.45, 2.75) is 32.0 Å². The number of hydrogen-bond donors (Lipinski definition) is 2. The fourth-order valence-electron chi connectivity index (χ4n) is 3.55. The molecule has 1 aliphatic rings. The maximum Gasteiger partial charge on any atom is 0.387 e. The summed E-state index contributed by atoms with van der Waals surface area (Å²) in [5.74, 6) is -0.347. The average Bonchev–Trinajstić information content (AvgIpc) is 3.40. The molecule has 2 aromatic carbocycles. The van der Waals surface area contributed by atoms with Crippen LogP contribution in [0.2, 0.25) is 0 Å². The lowest BCUT2D eigenvalue weighted by Gasteiger charge is -2.24. The number of nitrogens with one attached hydrogen (secondary N) is 2. The van der Waals surface area contributed by atoms with Gasteiger partial charge in [-0.2, -0.15) is 8.78 Å². The predicted molar refractivity (Wildman–Crippen MR) is 109 cm³/mol. The van der Waals surface area contributed by atoms with Crippen molar-refractivity contribution >= 4 is 17.5 Å². The van der Waals surface area contributed by atoms with E-state index in [0.717, 1.165) is 16.8 Å². The molecule has 2 heterocycles. The normalized spacial score (nSPS) is 16.0. The number of aromatic amines is 1. The summed E-state index contributed by atoms with van der Waals surface area (Å²) in [6.45, 7) is -2.68. The van der Waals surface area contributed by atoms with Crippen LogP contribution in [-0.2, 0) is 16.1 Å². The van der Waals surface area contributed by atoms with Crippen LogP contribution in [0.1, 0.15) is 18.4 Å². The lowest BCUT2D eigenvalue weighted by molar-refractivity contribution is -0.133. The number of halogens is 2. The Morgan fingerprint density at radius 2 is 1.94 bits per heavy atom. The quantitative estimate of drug-likeness (QED) is 0.602. The van der Waals surface area contributed by atoms with Gasteiger partial charge in [0.05, 0.1) is 18.2 Å². The molecule has 9 heteroatoms. The van der Waals surface area contributed by atoms with E-state index in [1.165, 1.54) is 17.0 Å². The third kappa shape index (κ3) is 4.88. The summed E-state index contributed by atoms with van der Waals surface area (Å²) < 4.78 is 28.9. The first-order valence-corrected chi connectivity index (χ1v) is 9.72. The molecule has 1 aromatic heterocycles. The zero-order valence-corrected chi connectivity index (χ0v) is 16.4. The van der Waals surface area contributed by atoms with Gasteiger partial charge in [0.2, 0.25) is 11.8 Å². The molecule has 4 rings (SSSR count). The minimum atomic E-state index is -2.90. The fraction of sp³-hybridized carbons (Fsp3) is 0.227. The van der Waals surface area contributed by atoms with Crippen LogP contribution >= 0.6 is 0 Å². The molecule has 1 fully saturated rings. The van der Waals surface area contributed by atoms with Crippen LogP contribution in [0.15, 0.2) is 61.1 Å². The van der Waals surface area contributed by atoms with Crippen molar-refractivity contribution in [3.8, 4) is 17.0 Å². The van der Waals surface area contributed by atoms with E-state index in [9.17, 15) is 18.4 Å². The maximum absolute atomic E-state index is 12.8. The van der Waals surface area contributed by atoms with Crippen molar-refractivity contribution in [3.05, 3.63) is 66.6 Å². The number of aromatic nitrogens is 2. The summed E-state index contributed by atoms with van der Waals surface area (Å²) in [6, 6.07) is 12.7. The molecule has 7 nitrogen and oxygen atoms in total. The number of imidazole rings is 1. The molecule has 0 saturated carbocycles. The number of nitrogens with zero attached hydrogens (tertiary/aromatic N) is 2. The van der Waals surface area contributed by atoms with Gasteiger partial charge < -0.3 is 19.9 Å². The van der Waals surface area contributed by atoms with Crippen molar-refractivity contribution in [1.29, 1.82) is 0 Å². The smallest absolute Gasteiger partial charge is 0.387 e. The highest BCUT2D eigenvalue weighted by Gasteiger charge is 2.36. The van der Waals surface area contributed by atoms with Crippen molar-refractivity contribution in [2.24, 2.45) is 0 Å². The first-order valence-electron chi connectivity index (χ1n) is 9.72. The van der Waals surface area contributed by atoms with Gasteiger partial charge in [-0.15, -0.1) is 0 Å². The van der Waals surface area contributed by atoms with Gasteiger partial charge >= 0.3 is 6.61 Å². The number of carbonyl (C=O) groups excluding carboxylic acids is 2. The molecule has 160 valence electrons. The molecule has 0 bridgehead atoms. The van der Waals surface area contributed by atoms with Crippen LogP contribution in [0, 0.1) is 0 Å². The highest BCUT2D eigenvalue weighted by Crippen LogP contribution is 2.25. The molecule has 1 unspecified atom stereocenters. The van der Waals surface area contributed by atoms with Crippen molar-refractivity contribution < 1.29 is 23.1 Å². The van der Waals surface area contributed by atoms with Gasteiger partial charge in [-0.1, -0.05) is 24.3 Å². The molecule has 3 aromatic rings. The molecule has 1 atom stereocenters. The van der Waals surface area contributed by atoms with E-state index in [-0.39, 0.29) is 30.5 Å². The number of H-pyrrole nitrogens is 1. The van der Waals surface area contributed by atoms with Crippen molar-refractivity contribution in [2.75, 3.05) is 5.32 Å². The molecular weight excluding hydrogens is 406 g/mol. The number of benzene rings is 2. The van der Waals surface area contributed by atoms with E-state index in [0.29, 0.717) is 12.1 Å². The number of amides is 2. The first-order chi connectivity index (χ1) is 15.0. The highest BCUT2D eigenvalue weighted by molar-refractivity contribution is 5.99. The Bertz CT molecular complexity index is 1040. The Hall–Kier alpha value is -3.75. The van der Waals surface area contributed by atoms with Crippen LogP contribution in [0.5, 0.6) is 5.75 Å². The molecule has 1 saturated heterocycles. The van der Waals surface area contributed by atoms with Gasteiger partial charge in [0.1, 0.15) is 11.8 Å². The first kappa shape index (κ1) is 20.5. The summed E-state index contributed by atoms with van der Waals surface area (Å²) in [6.07, 6.45) is 4.00. The van der Waals surface area contributed by atoms with E-state index in [1.54, 1.807) is 36.8 Å². The Morgan fingerprint density at radius 1 is 1.19 bits per heavy atom. The Morgan fingerprint density at radius 3 is 2.58 bits per heavy atom. The van der Waals surface area contributed by atoms with Gasteiger partial charge in [-0.25, -0.2) is 4.98 Å². The van der Waals surface area contributed by atoms with Crippen molar-refractivity contribution in [3.63, 3.8) is 0 Å². The lowest BCUT2D eigenvalue weighted by atomic mass is 10.1. The van der Waals surface area contributed by atoms with Crippen LogP contribution in [-0.4, -0.2) is 39.3 Å². The molecule has 0 radical (unpaired) electrons. The van der Waals surface area contributed by atoms with Gasteiger partial charge in [0, 0.05) is 18.7 Å². The zero-order chi connectivity index (χ0) is 21.8. The van der Waals surface area contributed by atoms with Crippen LogP contribution in [0.3, 0.4) is 0 Å². The SMILES string of the molecule is O=C(Nc1ccc(-c2cnc[nH]2)cc1)C1CCC(=O)N1Cc1ccc(OC(F)F)cc1. The lowest BCUT2D eigenvalue weighted by Crippen LogP contribution is -2.41. The average molecular weight is 426 g/mol. The van der Waals surface area contributed by atoms with Gasteiger partial charge in [0.15, 0.2) is 0 Å². The Balaban J connectivity index is 1.40. The third-order valence-corrected chi connectivity index (χ3v) is 5.09. The number of likely N-dealkylation sites (tertiary alicyclic amines) is 1. The zero-order valence-electron chi connectivity index (χ0n) is 16.4. The van der Waals surface area contributed by atoms with E-state index < -0.39 is 12.7 Å². The molecule has 2 N–H and O–H groups in total.